The summed E-state index contributed by atoms with van der Waals surface area (Å²) in [5.41, 5.74) is 3.06. The van der Waals surface area contributed by atoms with E-state index < -0.39 is 18.6 Å². The van der Waals surface area contributed by atoms with Crippen LogP contribution in [0.15, 0.2) is 30.5 Å². The van der Waals surface area contributed by atoms with Crippen molar-refractivity contribution < 1.29 is 18.0 Å². The number of hydrogen-bond donors (Lipinski definition) is 1. The molecule has 0 saturated heterocycles. The van der Waals surface area contributed by atoms with Crippen LogP contribution in [0.25, 0.3) is 11.1 Å². The molecular formula is C15H16F3N3O. The SMILES string of the molecule is CCc1c(-c2ccc(C(=O)NCC(F)(F)F)cc2)cnn1C. The zero-order chi connectivity index (χ0) is 16.3. The minimum absolute atomic E-state index is 0.190. The highest BCUT2D eigenvalue weighted by Gasteiger charge is 2.27. The van der Waals surface area contributed by atoms with Crippen LogP contribution in [0, 0.1) is 0 Å². The lowest BCUT2D eigenvalue weighted by molar-refractivity contribution is -0.123. The average molecular weight is 311 g/mol. The van der Waals surface area contributed by atoms with E-state index in [-0.39, 0.29) is 5.56 Å². The molecule has 0 fully saturated rings. The highest BCUT2D eigenvalue weighted by Crippen LogP contribution is 2.24. The first-order valence-corrected chi connectivity index (χ1v) is 6.78. The summed E-state index contributed by atoms with van der Waals surface area (Å²) >= 11 is 0. The molecule has 0 aliphatic heterocycles. The highest BCUT2D eigenvalue weighted by atomic mass is 19.4. The second-order valence-corrected chi connectivity index (χ2v) is 4.86. The van der Waals surface area contributed by atoms with Gasteiger partial charge in [-0.05, 0) is 24.1 Å². The first-order chi connectivity index (χ1) is 10.3. The van der Waals surface area contributed by atoms with E-state index in [0.29, 0.717) is 0 Å². The van der Waals surface area contributed by atoms with Crippen LogP contribution < -0.4 is 5.32 Å². The van der Waals surface area contributed by atoms with Crippen LogP contribution in [0.1, 0.15) is 23.0 Å². The molecule has 0 bridgehead atoms. The molecule has 0 saturated carbocycles. The van der Waals surface area contributed by atoms with Crippen molar-refractivity contribution in [2.75, 3.05) is 6.54 Å². The van der Waals surface area contributed by atoms with Gasteiger partial charge in [-0.15, -0.1) is 0 Å². The maximum Gasteiger partial charge on any atom is 0.405 e. The van der Waals surface area contributed by atoms with Crippen molar-refractivity contribution in [2.45, 2.75) is 19.5 Å². The molecule has 22 heavy (non-hydrogen) atoms. The van der Waals surface area contributed by atoms with Gasteiger partial charge in [-0.2, -0.15) is 18.3 Å². The molecule has 1 aromatic heterocycles. The van der Waals surface area contributed by atoms with Crippen molar-refractivity contribution in [3.63, 3.8) is 0 Å². The number of nitrogens with one attached hydrogen (secondary N) is 1. The van der Waals surface area contributed by atoms with Gasteiger partial charge in [0.2, 0.25) is 0 Å². The van der Waals surface area contributed by atoms with Gasteiger partial charge in [-0.1, -0.05) is 19.1 Å². The summed E-state index contributed by atoms with van der Waals surface area (Å²) in [6.45, 7) is 0.676. The van der Waals surface area contributed by atoms with Gasteiger partial charge in [0.25, 0.3) is 5.91 Å². The van der Waals surface area contributed by atoms with Gasteiger partial charge in [-0.3, -0.25) is 9.48 Å². The summed E-state index contributed by atoms with van der Waals surface area (Å²) in [5, 5.41) is 6.03. The Morgan fingerprint density at radius 1 is 1.27 bits per heavy atom. The second-order valence-electron chi connectivity index (χ2n) is 4.86. The monoisotopic (exact) mass is 311 g/mol. The largest absolute Gasteiger partial charge is 0.405 e. The Morgan fingerprint density at radius 3 is 2.45 bits per heavy atom. The molecule has 1 heterocycles. The summed E-state index contributed by atoms with van der Waals surface area (Å²) in [7, 11) is 1.85. The van der Waals surface area contributed by atoms with Crippen molar-refractivity contribution in [2.24, 2.45) is 7.05 Å². The van der Waals surface area contributed by atoms with E-state index in [9.17, 15) is 18.0 Å². The number of amides is 1. The first kappa shape index (κ1) is 16.1. The number of hydrogen-bond acceptors (Lipinski definition) is 2. The van der Waals surface area contributed by atoms with Gasteiger partial charge in [0, 0.05) is 23.9 Å². The number of carbonyl (C=O) groups excluding carboxylic acids is 1. The van der Waals surface area contributed by atoms with Crippen LogP contribution in [0.4, 0.5) is 13.2 Å². The molecule has 4 nitrogen and oxygen atoms in total. The standard InChI is InChI=1S/C15H16F3N3O/c1-3-13-12(8-20-21(13)2)10-4-6-11(7-5-10)14(22)19-9-15(16,17)18/h4-8H,3,9H2,1-2H3,(H,19,22). The van der Waals surface area contributed by atoms with Crippen LogP contribution in [-0.2, 0) is 13.5 Å². The maximum absolute atomic E-state index is 12.1. The third-order valence-corrected chi connectivity index (χ3v) is 3.30. The van der Waals surface area contributed by atoms with Gasteiger partial charge < -0.3 is 5.32 Å². The number of carbonyl (C=O) groups is 1. The smallest absolute Gasteiger partial charge is 0.343 e. The first-order valence-electron chi connectivity index (χ1n) is 6.78. The quantitative estimate of drug-likeness (QED) is 0.943. The minimum Gasteiger partial charge on any atom is -0.343 e. The normalized spacial score (nSPS) is 11.5. The Kier molecular flexibility index (Phi) is 4.54. The number of halogens is 3. The van der Waals surface area contributed by atoms with E-state index in [2.05, 4.69) is 5.10 Å². The summed E-state index contributed by atoms with van der Waals surface area (Å²) in [6.07, 6.45) is -1.88. The van der Waals surface area contributed by atoms with Crippen molar-refractivity contribution in [3.8, 4) is 11.1 Å². The average Bonchev–Trinajstić information content (AvgIpc) is 2.85. The van der Waals surface area contributed by atoms with Crippen molar-refractivity contribution in [1.29, 1.82) is 0 Å². The molecule has 1 amide bonds. The summed E-state index contributed by atoms with van der Waals surface area (Å²) < 4.78 is 38.0. The van der Waals surface area contributed by atoms with Crippen LogP contribution >= 0.6 is 0 Å². The van der Waals surface area contributed by atoms with Gasteiger partial charge in [0.05, 0.1) is 6.20 Å². The molecule has 2 aromatic rings. The number of aryl methyl sites for hydroxylation is 1. The fraction of sp³-hybridized carbons (Fsp3) is 0.333. The molecule has 1 aromatic carbocycles. The van der Waals surface area contributed by atoms with Crippen molar-refractivity contribution in [1.82, 2.24) is 15.1 Å². The Labute approximate surface area is 125 Å². The number of aromatic nitrogens is 2. The van der Waals surface area contributed by atoms with Crippen LogP contribution in [0.5, 0.6) is 0 Å². The molecule has 0 unspecified atom stereocenters. The van der Waals surface area contributed by atoms with Gasteiger partial charge in [0.15, 0.2) is 0 Å². The fourth-order valence-corrected chi connectivity index (χ4v) is 2.21. The Bertz CT molecular complexity index is 660. The molecule has 0 radical (unpaired) electrons. The van der Waals surface area contributed by atoms with Crippen LogP contribution in [0.2, 0.25) is 0 Å². The van der Waals surface area contributed by atoms with Crippen LogP contribution in [-0.4, -0.2) is 28.4 Å². The molecule has 0 aliphatic carbocycles. The number of nitrogens with zero attached hydrogens (tertiary/aromatic N) is 2. The zero-order valence-electron chi connectivity index (χ0n) is 12.2. The highest BCUT2D eigenvalue weighted by molar-refractivity contribution is 5.94. The Hall–Kier alpha value is -2.31. The molecule has 118 valence electrons. The summed E-state index contributed by atoms with van der Waals surface area (Å²) in [5.74, 6) is -0.745. The third-order valence-electron chi connectivity index (χ3n) is 3.30. The van der Waals surface area contributed by atoms with E-state index in [1.807, 2.05) is 19.3 Å². The van der Waals surface area contributed by atoms with E-state index >= 15 is 0 Å². The minimum atomic E-state index is -4.42. The van der Waals surface area contributed by atoms with E-state index in [1.165, 1.54) is 12.1 Å². The van der Waals surface area contributed by atoms with Crippen LogP contribution in [0.3, 0.4) is 0 Å². The zero-order valence-corrected chi connectivity index (χ0v) is 12.2. The van der Waals surface area contributed by atoms with E-state index in [1.54, 1.807) is 23.0 Å². The lowest BCUT2D eigenvalue weighted by Gasteiger charge is -2.09. The molecule has 0 atom stereocenters. The Balaban J connectivity index is 2.15. The van der Waals surface area contributed by atoms with E-state index in [4.69, 9.17) is 0 Å². The second kappa shape index (κ2) is 6.21. The predicted molar refractivity (Wildman–Crippen MR) is 76.4 cm³/mol. The number of rotatable bonds is 4. The molecule has 0 aliphatic rings. The molecule has 2 rings (SSSR count). The molecule has 7 heteroatoms. The fourth-order valence-electron chi connectivity index (χ4n) is 2.21. The third kappa shape index (κ3) is 3.66. The predicted octanol–water partition coefficient (Wildman–Crippen LogP) is 2.94. The van der Waals surface area contributed by atoms with E-state index in [0.717, 1.165) is 23.2 Å². The van der Waals surface area contributed by atoms with Crippen molar-refractivity contribution >= 4 is 5.91 Å². The Morgan fingerprint density at radius 2 is 1.91 bits per heavy atom. The summed E-state index contributed by atoms with van der Waals surface area (Å²) in [4.78, 5) is 11.6. The molecule has 1 N–H and O–H groups in total. The summed E-state index contributed by atoms with van der Waals surface area (Å²) in [6, 6.07) is 6.43. The van der Waals surface area contributed by atoms with Gasteiger partial charge >= 0.3 is 6.18 Å². The number of alkyl halides is 3. The maximum atomic E-state index is 12.1. The topological polar surface area (TPSA) is 46.9 Å². The molecular weight excluding hydrogens is 295 g/mol. The van der Waals surface area contributed by atoms with Crippen molar-refractivity contribution in [3.05, 3.63) is 41.7 Å². The lowest BCUT2D eigenvalue weighted by Crippen LogP contribution is -2.33. The van der Waals surface area contributed by atoms with Gasteiger partial charge in [-0.25, -0.2) is 0 Å². The lowest BCUT2D eigenvalue weighted by atomic mass is 10.0. The van der Waals surface area contributed by atoms with Gasteiger partial charge in [0.1, 0.15) is 6.54 Å². The molecule has 0 spiro atoms. The number of benzene rings is 1.